The number of aliphatic hydroxyl groups is 1. The lowest BCUT2D eigenvalue weighted by Crippen LogP contribution is -2.50. The van der Waals surface area contributed by atoms with Crippen LogP contribution < -0.4 is 5.32 Å². The third-order valence-electron chi connectivity index (χ3n) is 9.22. The summed E-state index contributed by atoms with van der Waals surface area (Å²) in [4.78, 5) is 29.8. The van der Waals surface area contributed by atoms with Crippen LogP contribution in [0.2, 0.25) is 0 Å². The van der Waals surface area contributed by atoms with Crippen molar-refractivity contribution in [3.63, 3.8) is 0 Å². The molecule has 5 unspecified atom stereocenters. The highest BCUT2D eigenvalue weighted by atomic mass is 32.2. The summed E-state index contributed by atoms with van der Waals surface area (Å²) in [5.41, 5.74) is 5.15. The van der Waals surface area contributed by atoms with Crippen LogP contribution in [0.5, 0.6) is 0 Å². The van der Waals surface area contributed by atoms with Crippen molar-refractivity contribution in [1.29, 1.82) is 0 Å². The van der Waals surface area contributed by atoms with Gasteiger partial charge < -0.3 is 29.4 Å². The summed E-state index contributed by atoms with van der Waals surface area (Å²) in [7, 11) is 1.95. The van der Waals surface area contributed by atoms with Crippen molar-refractivity contribution < 1.29 is 37.3 Å². The van der Waals surface area contributed by atoms with E-state index in [1.165, 1.54) is 0 Å². The maximum absolute atomic E-state index is 13.1. The zero-order valence-corrected chi connectivity index (χ0v) is 28.5. The standard InChI is InChI=1S/C37H39F3N4O5S/c1-23-31(22-50-36-41-15-17-43(36)2)48-34(49-32(23)26-13-11-24(21-45)12-14-26)29-9-4-8-28(19-29)27-7-3-6-25(18-27)20-42-33(46)30-10-5-16-44(30)35(47)37(38,39)40/h3-4,6-9,11-15,17-19,23,30-32,34,45H,5,10,16,20-22H2,1-2H3,(H,42,46). The predicted molar refractivity (Wildman–Crippen MR) is 181 cm³/mol. The predicted octanol–water partition coefficient (Wildman–Crippen LogP) is 6.33. The Labute approximate surface area is 292 Å². The van der Waals surface area contributed by atoms with E-state index in [1.54, 1.807) is 18.0 Å². The number of benzene rings is 3. The van der Waals surface area contributed by atoms with Gasteiger partial charge in [0.1, 0.15) is 6.04 Å². The maximum atomic E-state index is 13.1. The van der Waals surface area contributed by atoms with Gasteiger partial charge in [-0.15, -0.1) is 0 Å². The molecule has 0 saturated carbocycles. The zero-order chi connectivity index (χ0) is 35.4. The highest BCUT2D eigenvalue weighted by Crippen LogP contribution is 2.43. The van der Waals surface area contributed by atoms with Crippen LogP contribution in [0.3, 0.4) is 0 Å². The van der Waals surface area contributed by atoms with E-state index >= 15 is 0 Å². The Balaban J connectivity index is 1.18. The topological polar surface area (TPSA) is 106 Å². The van der Waals surface area contributed by atoms with Gasteiger partial charge in [-0.1, -0.05) is 79.3 Å². The van der Waals surface area contributed by atoms with Gasteiger partial charge in [-0.05, 0) is 52.8 Å². The molecule has 2 aliphatic heterocycles. The van der Waals surface area contributed by atoms with Gasteiger partial charge in [0.25, 0.3) is 0 Å². The summed E-state index contributed by atoms with van der Waals surface area (Å²) < 4.78 is 54.4. The average molecular weight is 709 g/mol. The van der Waals surface area contributed by atoms with E-state index in [0.717, 1.165) is 38.5 Å². The van der Waals surface area contributed by atoms with E-state index < -0.39 is 30.3 Å². The molecule has 0 radical (unpaired) electrons. The van der Waals surface area contributed by atoms with Crippen LogP contribution >= 0.6 is 11.8 Å². The first-order valence-corrected chi connectivity index (χ1v) is 17.5. The number of halogens is 3. The van der Waals surface area contributed by atoms with Gasteiger partial charge in [0.05, 0.1) is 18.8 Å². The van der Waals surface area contributed by atoms with Crippen molar-refractivity contribution in [1.82, 2.24) is 19.8 Å². The Morgan fingerprint density at radius 1 is 1.00 bits per heavy atom. The zero-order valence-electron chi connectivity index (χ0n) is 27.7. The number of hydrogen-bond donors (Lipinski definition) is 2. The largest absolute Gasteiger partial charge is 0.471 e. The molecule has 3 heterocycles. The number of rotatable bonds is 10. The Morgan fingerprint density at radius 3 is 2.44 bits per heavy atom. The van der Waals surface area contributed by atoms with Crippen molar-refractivity contribution >= 4 is 23.6 Å². The van der Waals surface area contributed by atoms with Crippen molar-refractivity contribution in [3.05, 3.63) is 107 Å². The van der Waals surface area contributed by atoms with E-state index in [4.69, 9.17) is 9.47 Å². The van der Waals surface area contributed by atoms with E-state index in [1.807, 2.05) is 90.6 Å². The van der Waals surface area contributed by atoms with Crippen LogP contribution in [0, 0.1) is 5.92 Å². The first-order chi connectivity index (χ1) is 24.0. The molecule has 6 rings (SSSR count). The number of thioether (sulfide) groups is 1. The van der Waals surface area contributed by atoms with Crippen LogP contribution in [-0.2, 0) is 39.3 Å². The highest BCUT2D eigenvalue weighted by Gasteiger charge is 2.47. The fourth-order valence-corrected chi connectivity index (χ4v) is 7.53. The monoisotopic (exact) mass is 708 g/mol. The fourth-order valence-electron chi connectivity index (χ4n) is 6.44. The number of aromatic nitrogens is 2. The minimum atomic E-state index is -5.02. The smallest absolute Gasteiger partial charge is 0.392 e. The number of amides is 2. The average Bonchev–Trinajstić information content (AvgIpc) is 3.79. The number of aryl methyl sites for hydroxylation is 1. The molecular formula is C37H39F3N4O5S. The summed E-state index contributed by atoms with van der Waals surface area (Å²) in [6.45, 7) is 2.06. The van der Waals surface area contributed by atoms with Crippen LogP contribution in [0.15, 0.2) is 90.3 Å². The van der Waals surface area contributed by atoms with E-state index in [2.05, 4.69) is 17.2 Å². The fraction of sp³-hybridized carbons (Fsp3) is 0.378. The summed E-state index contributed by atoms with van der Waals surface area (Å²) in [5.74, 6) is -1.92. The van der Waals surface area contributed by atoms with Crippen molar-refractivity contribution in [2.24, 2.45) is 13.0 Å². The van der Waals surface area contributed by atoms with E-state index in [9.17, 15) is 27.9 Å². The van der Waals surface area contributed by atoms with Gasteiger partial charge in [0, 0.05) is 49.8 Å². The van der Waals surface area contributed by atoms with Crippen molar-refractivity contribution in [3.8, 4) is 11.1 Å². The number of imidazole rings is 1. The van der Waals surface area contributed by atoms with Gasteiger partial charge in [0.2, 0.25) is 5.91 Å². The lowest BCUT2D eigenvalue weighted by Gasteiger charge is -2.41. The molecule has 2 aliphatic rings. The Kier molecular flexibility index (Phi) is 11.0. The highest BCUT2D eigenvalue weighted by molar-refractivity contribution is 7.99. The second-order valence-corrected chi connectivity index (χ2v) is 13.6. The lowest BCUT2D eigenvalue weighted by molar-refractivity contribution is -0.268. The molecule has 2 saturated heterocycles. The quantitative estimate of drug-likeness (QED) is 0.186. The number of carbonyl (C=O) groups is 2. The Morgan fingerprint density at radius 2 is 1.74 bits per heavy atom. The van der Waals surface area contributed by atoms with Crippen LogP contribution in [0.25, 0.3) is 11.1 Å². The van der Waals surface area contributed by atoms with Gasteiger partial charge in [-0.25, -0.2) is 4.98 Å². The molecule has 3 aromatic carbocycles. The van der Waals surface area contributed by atoms with Crippen molar-refractivity contribution in [2.45, 2.75) is 68.8 Å². The van der Waals surface area contributed by atoms with E-state index in [-0.39, 0.29) is 44.2 Å². The molecule has 0 bridgehead atoms. The van der Waals surface area contributed by atoms with E-state index in [0.29, 0.717) is 17.1 Å². The number of carbonyl (C=O) groups excluding carboxylic acids is 2. The Bertz CT molecular complexity index is 1800. The molecule has 0 spiro atoms. The first-order valence-electron chi connectivity index (χ1n) is 16.5. The molecule has 264 valence electrons. The number of ether oxygens (including phenoxy) is 2. The van der Waals surface area contributed by atoms with Crippen LogP contribution in [-0.4, -0.2) is 62.0 Å². The Hall–Kier alpha value is -4.17. The lowest BCUT2D eigenvalue weighted by atomic mass is 9.91. The second kappa shape index (κ2) is 15.4. The third kappa shape index (κ3) is 8.07. The molecule has 2 N–H and O–H groups in total. The van der Waals surface area contributed by atoms with Gasteiger partial charge >= 0.3 is 12.1 Å². The van der Waals surface area contributed by atoms with Gasteiger partial charge in [0.15, 0.2) is 11.4 Å². The molecule has 5 atom stereocenters. The summed E-state index contributed by atoms with van der Waals surface area (Å²) >= 11 is 1.62. The molecule has 2 amide bonds. The number of nitrogens with one attached hydrogen (secondary N) is 1. The second-order valence-electron chi connectivity index (χ2n) is 12.7. The molecule has 2 fully saturated rings. The molecule has 50 heavy (non-hydrogen) atoms. The first kappa shape index (κ1) is 35.6. The van der Waals surface area contributed by atoms with Gasteiger partial charge in [-0.3, -0.25) is 9.59 Å². The minimum absolute atomic E-state index is 0.0111. The molecule has 1 aromatic heterocycles. The minimum Gasteiger partial charge on any atom is -0.392 e. The molecular weight excluding hydrogens is 669 g/mol. The molecule has 0 aliphatic carbocycles. The molecule has 4 aromatic rings. The van der Waals surface area contributed by atoms with Crippen LogP contribution in [0.4, 0.5) is 13.2 Å². The number of alkyl halides is 3. The van der Waals surface area contributed by atoms with Crippen LogP contribution in [0.1, 0.15) is 54.4 Å². The summed E-state index contributed by atoms with van der Waals surface area (Å²) in [6.07, 6.45) is -1.95. The normalized spacial score (nSPS) is 22.4. The maximum Gasteiger partial charge on any atom is 0.471 e. The molecule has 9 nitrogen and oxygen atoms in total. The SMILES string of the molecule is CC1C(CSc2nccn2C)OC(c2cccc(-c3cccc(CNC(=O)C4CCCN4C(=O)C(F)(F)F)c3)c2)OC1c1ccc(CO)cc1. The number of likely N-dealkylation sites (tertiary alicyclic amines) is 1. The number of nitrogens with zero attached hydrogens (tertiary/aromatic N) is 3. The molecule has 13 heteroatoms. The summed E-state index contributed by atoms with van der Waals surface area (Å²) in [5, 5.41) is 13.2. The summed E-state index contributed by atoms with van der Waals surface area (Å²) in [6, 6.07) is 22.0. The van der Waals surface area contributed by atoms with Crippen molar-refractivity contribution in [2.75, 3.05) is 12.3 Å². The number of hydrogen-bond acceptors (Lipinski definition) is 7. The number of aliphatic hydroxyl groups excluding tert-OH is 1. The third-order valence-corrected chi connectivity index (χ3v) is 10.4. The van der Waals surface area contributed by atoms with Gasteiger partial charge in [-0.2, -0.15) is 13.2 Å².